The lowest BCUT2D eigenvalue weighted by molar-refractivity contribution is 0.549. The van der Waals surface area contributed by atoms with Crippen LogP contribution in [0.25, 0.3) is 0 Å². The van der Waals surface area contributed by atoms with Crippen LogP contribution in [-0.2, 0) is 9.84 Å². The molecule has 1 aromatic carbocycles. The molecule has 2 rings (SSSR count). The molecule has 16 heavy (non-hydrogen) atoms. The third kappa shape index (κ3) is 2.33. The van der Waals surface area contributed by atoms with Crippen LogP contribution in [0.3, 0.4) is 0 Å². The molecular formula is C10H8BrNO3S. The highest BCUT2D eigenvalue weighted by atomic mass is 79.9. The van der Waals surface area contributed by atoms with Crippen LogP contribution >= 0.6 is 15.9 Å². The predicted octanol–water partition coefficient (Wildman–Crippen LogP) is 2.47. The van der Waals surface area contributed by atoms with Gasteiger partial charge in [-0.05, 0) is 31.2 Å². The van der Waals surface area contributed by atoms with Crippen LogP contribution in [0.4, 0.5) is 0 Å². The van der Waals surface area contributed by atoms with E-state index in [2.05, 4.69) is 20.9 Å². The smallest absolute Gasteiger partial charge is 0.319 e. The largest absolute Gasteiger partial charge is 0.430 e. The van der Waals surface area contributed by atoms with Crippen molar-refractivity contribution in [3.05, 3.63) is 39.8 Å². The number of aliphatic imine (C=N–C) groups is 1. The Bertz CT molecular complexity index is 573. The number of sulfone groups is 1. The van der Waals surface area contributed by atoms with Crippen LogP contribution in [0.1, 0.15) is 6.92 Å². The highest BCUT2D eigenvalue weighted by molar-refractivity contribution is 9.10. The Morgan fingerprint density at radius 1 is 1.25 bits per heavy atom. The maximum absolute atomic E-state index is 11.5. The summed E-state index contributed by atoms with van der Waals surface area (Å²) >= 11 is 3.28. The van der Waals surface area contributed by atoms with Crippen LogP contribution in [0, 0.1) is 0 Å². The van der Waals surface area contributed by atoms with E-state index in [-0.39, 0.29) is 5.23 Å². The first-order chi connectivity index (χ1) is 7.47. The van der Waals surface area contributed by atoms with E-state index in [1.165, 1.54) is 0 Å². The number of allylic oxidation sites excluding steroid dienone is 1. The fraction of sp³-hybridized carbons (Fsp3) is 0.100. The van der Waals surface area contributed by atoms with Gasteiger partial charge < -0.3 is 4.74 Å². The molecule has 0 unspecified atom stereocenters. The topological polar surface area (TPSA) is 55.7 Å². The van der Waals surface area contributed by atoms with E-state index in [4.69, 9.17) is 4.74 Å². The van der Waals surface area contributed by atoms with Crippen LogP contribution in [0.5, 0.6) is 5.75 Å². The summed E-state index contributed by atoms with van der Waals surface area (Å²) in [5, 5.41) is 0.814. The van der Waals surface area contributed by atoms with Gasteiger partial charge in [0.2, 0.25) is 0 Å². The third-order valence-corrected chi connectivity index (χ3v) is 3.70. The molecule has 1 aliphatic rings. The SMILES string of the molecule is CC1=CS(=O)(=O)C(Oc2ccc(Br)cc2)=N1. The summed E-state index contributed by atoms with van der Waals surface area (Å²) in [5.74, 6) is 0.439. The first-order valence-electron chi connectivity index (χ1n) is 4.43. The third-order valence-electron chi connectivity index (χ3n) is 1.86. The predicted molar refractivity (Wildman–Crippen MR) is 64.9 cm³/mol. The molecule has 0 saturated heterocycles. The number of halogens is 1. The fourth-order valence-corrected chi connectivity index (χ4v) is 2.54. The van der Waals surface area contributed by atoms with Crippen molar-refractivity contribution in [2.45, 2.75) is 6.92 Å². The average molecular weight is 302 g/mol. The minimum Gasteiger partial charge on any atom is -0.430 e. The van der Waals surface area contributed by atoms with Crippen molar-refractivity contribution in [2.24, 2.45) is 4.99 Å². The minimum absolute atomic E-state index is 0.271. The van der Waals surface area contributed by atoms with Crippen LogP contribution in [0.2, 0.25) is 0 Å². The lowest BCUT2D eigenvalue weighted by atomic mass is 10.3. The standard InChI is InChI=1S/C10H8BrNO3S/c1-7-6-16(13,14)10(12-7)15-9-4-2-8(11)3-5-9/h2-6H,1H3. The lowest BCUT2D eigenvalue weighted by Gasteiger charge is -2.03. The Hall–Kier alpha value is -1.14. The van der Waals surface area contributed by atoms with Crippen molar-refractivity contribution in [2.75, 3.05) is 0 Å². The van der Waals surface area contributed by atoms with Gasteiger partial charge in [0.05, 0.1) is 11.1 Å². The molecule has 84 valence electrons. The molecule has 4 nitrogen and oxygen atoms in total. The molecule has 1 heterocycles. The quantitative estimate of drug-likeness (QED) is 0.801. The Morgan fingerprint density at radius 2 is 1.88 bits per heavy atom. The monoisotopic (exact) mass is 301 g/mol. The molecule has 0 aromatic heterocycles. The van der Waals surface area contributed by atoms with Gasteiger partial charge in [-0.25, -0.2) is 13.4 Å². The Morgan fingerprint density at radius 3 is 2.38 bits per heavy atom. The Labute approximate surface area is 102 Å². The van der Waals surface area contributed by atoms with E-state index in [1.807, 2.05) is 0 Å². The van der Waals surface area contributed by atoms with Crippen LogP contribution in [0.15, 0.2) is 44.8 Å². The van der Waals surface area contributed by atoms with Gasteiger partial charge in [0.1, 0.15) is 5.75 Å². The molecule has 0 spiro atoms. The van der Waals surface area contributed by atoms with Crippen molar-refractivity contribution in [3.8, 4) is 5.75 Å². The summed E-state index contributed by atoms with van der Waals surface area (Å²) in [5.41, 5.74) is 0.423. The normalized spacial score (nSPS) is 17.9. The van der Waals surface area contributed by atoms with Gasteiger partial charge in [-0.3, -0.25) is 0 Å². The molecule has 0 saturated carbocycles. The molecule has 0 atom stereocenters. The maximum Gasteiger partial charge on any atom is 0.319 e. The molecule has 0 aliphatic carbocycles. The molecule has 0 radical (unpaired) electrons. The minimum atomic E-state index is -3.49. The Kier molecular flexibility index (Phi) is 2.86. The summed E-state index contributed by atoms with van der Waals surface area (Å²) in [6.07, 6.45) is 0. The van der Waals surface area contributed by atoms with E-state index in [1.54, 1.807) is 31.2 Å². The maximum atomic E-state index is 11.5. The molecule has 1 aromatic rings. The van der Waals surface area contributed by atoms with Gasteiger partial charge in [0, 0.05) is 4.47 Å². The summed E-state index contributed by atoms with van der Waals surface area (Å²) in [6, 6.07) is 6.85. The number of nitrogens with zero attached hydrogens (tertiary/aromatic N) is 1. The zero-order chi connectivity index (χ0) is 11.8. The number of ether oxygens (including phenoxy) is 1. The molecule has 0 fully saturated rings. The van der Waals surface area contributed by atoms with Crippen molar-refractivity contribution >= 4 is 31.0 Å². The molecule has 6 heteroatoms. The second-order valence-corrected chi connectivity index (χ2v) is 5.83. The molecule has 1 aliphatic heterocycles. The number of benzene rings is 1. The van der Waals surface area contributed by atoms with Gasteiger partial charge in [-0.2, -0.15) is 0 Å². The second kappa shape index (κ2) is 4.03. The summed E-state index contributed by atoms with van der Waals surface area (Å²) in [4.78, 5) is 3.81. The molecular weight excluding hydrogens is 294 g/mol. The summed E-state index contributed by atoms with van der Waals surface area (Å²) in [6.45, 7) is 1.61. The summed E-state index contributed by atoms with van der Waals surface area (Å²) in [7, 11) is -3.49. The second-order valence-electron chi connectivity index (χ2n) is 3.24. The van der Waals surface area contributed by atoms with Gasteiger partial charge in [0.25, 0.3) is 9.84 Å². The highest BCUT2D eigenvalue weighted by Gasteiger charge is 2.25. The van der Waals surface area contributed by atoms with Gasteiger partial charge in [-0.1, -0.05) is 15.9 Å². The van der Waals surface area contributed by atoms with Crippen molar-refractivity contribution < 1.29 is 13.2 Å². The zero-order valence-electron chi connectivity index (χ0n) is 8.34. The lowest BCUT2D eigenvalue weighted by Crippen LogP contribution is -2.15. The molecule has 0 bridgehead atoms. The highest BCUT2D eigenvalue weighted by Crippen LogP contribution is 2.20. The zero-order valence-corrected chi connectivity index (χ0v) is 10.7. The van der Waals surface area contributed by atoms with E-state index < -0.39 is 9.84 Å². The van der Waals surface area contributed by atoms with Crippen molar-refractivity contribution in [3.63, 3.8) is 0 Å². The first kappa shape index (κ1) is 11.3. The van der Waals surface area contributed by atoms with Crippen LogP contribution in [-0.4, -0.2) is 13.6 Å². The van der Waals surface area contributed by atoms with Gasteiger partial charge in [-0.15, -0.1) is 0 Å². The number of hydrogen-bond donors (Lipinski definition) is 0. The average Bonchev–Trinajstić information content (AvgIpc) is 2.43. The van der Waals surface area contributed by atoms with E-state index >= 15 is 0 Å². The van der Waals surface area contributed by atoms with E-state index in [9.17, 15) is 8.42 Å². The van der Waals surface area contributed by atoms with E-state index in [0.717, 1.165) is 9.88 Å². The molecule has 0 N–H and O–H groups in total. The van der Waals surface area contributed by atoms with Crippen molar-refractivity contribution in [1.82, 2.24) is 0 Å². The fourth-order valence-electron chi connectivity index (χ4n) is 1.19. The summed E-state index contributed by atoms with van der Waals surface area (Å²) < 4.78 is 29.1. The number of hydrogen-bond acceptors (Lipinski definition) is 4. The molecule has 0 amide bonds. The first-order valence-corrected chi connectivity index (χ1v) is 6.77. The Balaban J connectivity index is 2.25. The van der Waals surface area contributed by atoms with Gasteiger partial charge in [0.15, 0.2) is 0 Å². The van der Waals surface area contributed by atoms with E-state index in [0.29, 0.717) is 11.4 Å². The van der Waals surface area contributed by atoms with Crippen LogP contribution < -0.4 is 4.74 Å². The van der Waals surface area contributed by atoms with Crippen molar-refractivity contribution in [1.29, 1.82) is 0 Å². The van der Waals surface area contributed by atoms with Gasteiger partial charge >= 0.3 is 5.23 Å². The number of rotatable bonds is 1.